The first-order valence-corrected chi connectivity index (χ1v) is 10.3. The number of ether oxygens (including phenoxy) is 1. The van der Waals surface area contributed by atoms with Gasteiger partial charge in [-0.3, -0.25) is 9.59 Å². The van der Waals surface area contributed by atoms with E-state index in [1.165, 1.54) is 6.07 Å². The molecule has 2 N–H and O–H groups in total. The SMILES string of the molecule is COc1cccc2c1ccn2CC(=O)N1CC2C[C@@H](C1)Cn1c2ccc([NH+]([O-])O)c1=O. The van der Waals surface area contributed by atoms with E-state index in [-0.39, 0.29) is 30.0 Å². The van der Waals surface area contributed by atoms with Gasteiger partial charge in [-0.1, -0.05) is 6.07 Å². The van der Waals surface area contributed by atoms with Crippen LogP contribution in [0.15, 0.2) is 47.4 Å². The molecule has 9 nitrogen and oxygen atoms in total. The van der Waals surface area contributed by atoms with Crippen LogP contribution in [0.3, 0.4) is 0 Å². The lowest BCUT2D eigenvalue weighted by Crippen LogP contribution is -3.00. The topological polar surface area (TPSA) is 104 Å². The van der Waals surface area contributed by atoms with E-state index in [0.29, 0.717) is 19.6 Å². The first-order valence-electron chi connectivity index (χ1n) is 10.3. The van der Waals surface area contributed by atoms with Crippen molar-refractivity contribution in [2.75, 3.05) is 20.2 Å². The maximum atomic E-state index is 13.1. The number of rotatable bonds is 4. The molecule has 9 heteroatoms. The van der Waals surface area contributed by atoms with Crippen molar-refractivity contribution in [3.8, 4) is 5.75 Å². The van der Waals surface area contributed by atoms with Gasteiger partial charge in [-0.15, -0.1) is 0 Å². The van der Waals surface area contributed by atoms with Crippen LogP contribution < -0.4 is 15.5 Å². The average molecular weight is 424 g/mol. The highest BCUT2D eigenvalue weighted by Gasteiger charge is 2.37. The van der Waals surface area contributed by atoms with Gasteiger partial charge in [0.1, 0.15) is 12.3 Å². The number of benzene rings is 1. The monoisotopic (exact) mass is 424 g/mol. The molecule has 2 aliphatic rings. The van der Waals surface area contributed by atoms with Crippen molar-refractivity contribution < 1.29 is 20.0 Å². The van der Waals surface area contributed by atoms with Gasteiger partial charge in [0.25, 0.3) is 0 Å². The molecule has 2 bridgehead atoms. The van der Waals surface area contributed by atoms with Crippen LogP contribution in [0.2, 0.25) is 0 Å². The van der Waals surface area contributed by atoms with Crippen molar-refractivity contribution >= 4 is 22.5 Å². The van der Waals surface area contributed by atoms with Crippen molar-refractivity contribution in [1.82, 2.24) is 14.0 Å². The molecule has 0 spiro atoms. The van der Waals surface area contributed by atoms with Gasteiger partial charge in [-0.25, -0.2) is 5.21 Å². The molecule has 0 saturated carbocycles. The zero-order valence-corrected chi connectivity index (χ0v) is 17.2. The molecule has 1 saturated heterocycles. The molecule has 1 amide bonds. The van der Waals surface area contributed by atoms with Crippen LogP contribution in [0.1, 0.15) is 18.0 Å². The summed E-state index contributed by atoms with van der Waals surface area (Å²) in [5.74, 6) is 0.985. The number of likely N-dealkylation sites (tertiary alicyclic amines) is 1. The summed E-state index contributed by atoms with van der Waals surface area (Å²) < 4.78 is 8.93. The van der Waals surface area contributed by atoms with Crippen LogP contribution in [0.5, 0.6) is 5.75 Å². The number of hydrogen-bond acceptors (Lipinski definition) is 5. The Morgan fingerprint density at radius 3 is 2.84 bits per heavy atom. The number of aromatic nitrogens is 2. The predicted octanol–water partition coefficient (Wildman–Crippen LogP) is 0.861. The highest BCUT2D eigenvalue weighted by Crippen LogP contribution is 2.35. The summed E-state index contributed by atoms with van der Waals surface area (Å²) in [4.78, 5) is 27.6. The molecule has 5 rings (SSSR count). The molecule has 1 aromatic carbocycles. The van der Waals surface area contributed by atoms with E-state index in [0.717, 1.165) is 28.8 Å². The maximum absolute atomic E-state index is 13.1. The third-order valence-electron chi connectivity index (χ3n) is 6.49. The second-order valence-electron chi connectivity index (χ2n) is 8.33. The highest BCUT2D eigenvalue weighted by molar-refractivity contribution is 5.88. The molecule has 0 radical (unpaired) electrons. The summed E-state index contributed by atoms with van der Waals surface area (Å²) >= 11 is 0. The molecule has 1 fully saturated rings. The highest BCUT2D eigenvalue weighted by atomic mass is 16.8. The number of fused-ring (bicyclic) bond motifs is 5. The number of methoxy groups -OCH3 is 1. The molecule has 4 heterocycles. The van der Waals surface area contributed by atoms with Crippen molar-refractivity contribution in [3.63, 3.8) is 0 Å². The fourth-order valence-corrected chi connectivity index (χ4v) is 5.07. The molecule has 0 aliphatic carbocycles. The molecule has 2 unspecified atom stereocenters. The van der Waals surface area contributed by atoms with Crippen LogP contribution in [0.25, 0.3) is 10.9 Å². The zero-order valence-electron chi connectivity index (χ0n) is 17.2. The van der Waals surface area contributed by atoms with Gasteiger partial charge in [0.05, 0.1) is 12.6 Å². The zero-order chi connectivity index (χ0) is 21.7. The fraction of sp³-hybridized carbons (Fsp3) is 0.364. The number of quaternary nitrogens is 1. The lowest BCUT2D eigenvalue weighted by atomic mass is 9.83. The van der Waals surface area contributed by atoms with Gasteiger partial charge in [0.2, 0.25) is 11.6 Å². The van der Waals surface area contributed by atoms with E-state index >= 15 is 0 Å². The van der Waals surface area contributed by atoms with Crippen LogP contribution in [-0.4, -0.2) is 45.3 Å². The Balaban J connectivity index is 1.38. The molecular weight excluding hydrogens is 400 g/mol. The number of piperidine rings is 1. The summed E-state index contributed by atoms with van der Waals surface area (Å²) in [6, 6.07) is 10.8. The Morgan fingerprint density at radius 2 is 2.06 bits per heavy atom. The van der Waals surface area contributed by atoms with Gasteiger partial charge in [0, 0.05) is 48.9 Å². The Labute approximate surface area is 178 Å². The minimum atomic E-state index is -1.21. The largest absolute Gasteiger partial charge is 0.595 e. The number of hydrogen-bond donors (Lipinski definition) is 2. The summed E-state index contributed by atoms with van der Waals surface area (Å²) in [5.41, 5.74) is 1.11. The average Bonchev–Trinajstić information content (AvgIpc) is 3.17. The number of amides is 1. The van der Waals surface area contributed by atoms with Crippen LogP contribution >= 0.6 is 0 Å². The summed E-state index contributed by atoms with van der Waals surface area (Å²) in [6.45, 7) is 1.78. The number of pyridine rings is 1. The smallest absolute Gasteiger partial charge is 0.315 e. The van der Waals surface area contributed by atoms with E-state index < -0.39 is 10.8 Å². The number of nitrogens with zero attached hydrogens (tertiary/aromatic N) is 3. The number of carbonyl (C=O) groups is 1. The first kappa shape index (κ1) is 19.8. The van der Waals surface area contributed by atoms with Crippen molar-refractivity contribution in [3.05, 3.63) is 63.9 Å². The predicted molar refractivity (Wildman–Crippen MR) is 112 cm³/mol. The van der Waals surface area contributed by atoms with Gasteiger partial charge < -0.3 is 24.0 Å². The summed E-state index contributed by atoms with van der Waals surface area (Å²) in [6.07, 6.45) is 2.80. The Morgan fingerprint density at radius 1 is 1.23 bits per heavy atom. The van der Waals surface area contributed by atoms with Crippen LogP contribution in [0.4, 0.5) is 5.69 Å². The lowest BCUT2D eigenvalue weighted by Gasteiger charge is -2.43. The number of nitrogens with one attached hydrogen (secondary N) is 1. The standard InChI is InChI=1S/C22H24N4O5/c1-31-20-4-2-3-18-16(20)7-8-23(18)13-21(27)24-10-14-9-15(12-24)17-5-6-19(26(29)30)22(28)25(17)11-14/h2-8,14-15,26,29H,9-13H2,1H3/t14-,15?/m0/s1. The molecule has 2 aliphatic heterocycles. The second kappa shape index (κ2) is 7.52. The maximum Gasteiger partial charge on any atom is 0.315 e. The van der Waals surface area contributed by atoms with Gasteiger partial charge in [-0.05, 0) is 36.6 Å². The molecule has 2 aromatic heterocycles. The molecule has 31 heavy (non-hydrogen) atoms. The Hall–Kier alpha value is -3.14. The van der Waals surface area contributed by atoms with E-state index in [2.05, 4.69) is 0 Å². The van der Waals surface area contributed by atoms with Gasteiger partial charge in [-0.2, -0.15) is 5.23 Å². The quantitative estimate of drug-likeness (QED) is 0.605. The minimum absolute atomic E-state index is 0.0352. The fourth-order valence-electron chi connectivity index (χ4n) is 5.07. The van der Waals surface area contributed by atoms with Crippen molar-refractivity contribution in [2.24, 2.45) is 5.92 Å². The summed E-state index contributed by atoms with van der Waals surface area (Å²) in [7, 11) is 1.63. The Bertz CT molecular complexity index is 1210. The molecule has 3 aromatic rings. The van der Waals surface area contributed by atoms with Crippen LogP contribution in [0, 0.1) is 11.1 Å². The third kappa shape index (κ3) is 3.31. The molecule has 3 atom stereocenters. The van der Waals surface area contributed by atoms with E-state index in [1.807, 2.05) is 39.9 Å². The van der Waals surface area contributed by atoms with Crippen molar-refractivity contribution in [1.29, 1.82) is 0 Å². The number of carbonyl (C=O) groups excluding carboxylic acids is 1. The minimum Gasteiger partial charge on any atom is -0.595 e. The van der Waals surface area contributed by atoms with Crippen molar-refractivity contribution in [2.45, 2.75) is 25.4 Å². The molecular formula is C22H24N4O5. The lowest BCUT2D eigenvalue weighted by molar-refractivity contribution is -0.992. The summed E-state index contributed by atoms with van der Waals surface area (Å²) in [5, 5.41) is 20.3. The van der Waals surface area contributed by atoms with E-state index in [1.54, 1.807) is 17.7 Å². The first-order chi connectivity index (χ1) is 15.0. The van der Waals surface area contributed by atoms with E-state index in [4.69, 9.17) is 4.74 Å². The Kier molecular flexibility index (Phi) is 4.81. The van der Waals surface area contributed by atoms with E-state index in [9.17, 15) is 20.0 Å². The third-order valence-corrected chi connectivity index (χ3v) is 6.49. The van der Waals surface area contributed by atoms with Crippen LogP contribution in [-0.2, 0) is 17.9 Å². The molecule has 162 valence electrons. The normalized spacial score (nSPS) is 21.1. The van der Waals surface area contributed by atoms with Gasteiger partial charge in [0.15, 0.2) is 0 Å². The second-order valence-corrected chi connectivity index (χ2v) is 8.33. The van der Waals surface area contributed by atoms with Gasteiger partial charge >= 0.3 is 5.56 Å².